The van der Waals surface area contributed by atoms with Crippen molar-refractivity contribution in [3.8, 4) is 0 Å². The second-order valence-electron chi connectivity index (χ2n) is 3.17. The molecule has 0 aliphatic rings. The number of carbonyl (C=O) groups excluding carboxylic acids is 1. The second-order valence-corrected chi connectivity index (χ2v) is 5.01. The average Bonchev–Trinajstić information content (AvgIpc) is 2.24. The molecule has 0 rings (SSSR count). The smallest absolute Gasteiger partial charge is 0.328 e. The molecule has 0 aromatic heterocycles. The highest BCUT2D eigenvalue weighted by Gasteiger charge is 2.21. The summed E-state index contributed by atoms with van der Waals surface area (Å²) in [6.07, 6.45) is 0.572. The molecule has 0 aromatic rings. The maximum absolute atomic E-state index is 11.2. The van der Waals surface area contributed by atoms with Crippen LogP contribution < -0.4 is 10.8 Å². The standard InChI is InChI=1S/C9H17N2O4P/c1-15-9(14)7(6-10)11-16(2)5-3-4-8(12)13/h5,7,11H,3-4,6,10H2,1-2H3/p+1. The first-order valence-corrected chi connectivity index (χ1v) is 6.69. The molecule has 0 amide bonds. The molecule has 2 atom stereocenters. The maximum atomic E-state index is 11.2. The third-order valence-corrected chi connectivity index (χ3v) is 3.37. The van der Waals surface area contributed by atoms with E-state index in [2.05, 4.69) is 9.82 Å². The number of carboxylic acids is 1. The van der Waals surface area contributed by atoms with Crippen LogP contribution >= 0.6 is 7.70 Å². The van der Waals surface area contributed by atoms with Gasteiger partial charge in [-0.2, -0.15) is 0 Å². The molecule has 0 heterocycles. The van der Waals surface area contributed by atoms with E-state index in [1.54, 1.807) is 0 Å². The van der Waals surface area contributed by atoms with Crippen molar-refractivity contribution < 1.29 is 19.4 Å². The summed E-state index contributed by atoms with van der Waals surface area (Å²) in [5.41, 5.74) is 5.41. The molecular formula is C9H18N2O4P+. The fourth-order valence-electron chi connectivity index (χ4n) is 1.02. The Kier molecular flexibility index (Phi) is 7.72. The molecule has 0 saturated carbocycles. The van der Waals surface area contributed by atoms with Crippen LogP contribution in [0.1, 0.15) is 12.8 Å². The highest BCUT2D eigenvalue weighted by atomic mass is 31.1. The molecule has 0 saturated heterocycles. The van der Waals surface area contributed by atoms with E-state index in [0.29, 0.717) is 6.42 Å². The van der Waals surface area contributed by atoms with E-state index >= 15 is 0 Å². The van der Waals surface area contributed by atoms with Gasteiger partial charge in [0.1, 0.15) is 12.5 Å². The summed E-state index contributed by atoms with van der Waals surface area (Å²) in [4.78, 5) is 21.5. The van der Waals surface area contributed by atoms with E-state index in [0.717, 1.165) is 0 Å². The van der Waals surface area contributed by atoms with Crippen LogP contribution in [-0.2, 0) is 14.3 Å². The largest absolute Gasteiger partial charge is 0.481 e. The van der Waals surface area contributed by atoms with Gasteiger partial charge in [-0.3, -0.25) is 9.59 Å². The van der Waals surface area contributed by atoms with Gasteiger partial charge in [-0.25, -0.2) is 0 Å². The highest BCUT2D eigenvalue weighted by molar-refractivity contribution is 7.54. The number of aliphatic carboxylic acids is 1. The first-order chi connectivity index (χ1) is 7.51. The summed E-state index contributed by atoms with van der Waals surface area (Å²) in [7, 11) is 0.591. The normalized spacial score (nSPS) is 13.3. The van der Waals surface area contributed by atoms with Crippen molar-refractivity contribution in [2.45, 2.75) is 18.9 Å². The van der Waals surface area contributed by atoms with Crippen molar-refractivity contribution in [2.24, 2.45) is 5.73 Å². The lowest BCUT2D eigenvalue weighted by atomic mass is 10.3. The van der Waals surface area contributed by atoms with Gasteiger partial charge in [-0.15, -0.1) is 5.09 Å². The molecule has 0 radical (unpaired) electrons. The van der Waals surface area contributed by atoms with Gasteiger partial charge in [0.2, 0.25) is 0 Å². The topological polar surface area (TPSA) is 102 Å². The first-order valence-electron chi connectivity index (χ1n) is 4.83. The number of carboxylic acid groups (broad SMARTS) is 1. The molecule has 0 spiro atoms. The van der Waals surface area contributed by atoms with Gasteiger partial charge in [-0.1, -0.05) is 0 Å². The minimum absolute atomic E-state index is 0.0971. The van der Waals surface area contributed by atoms with Gasteiger partial charge in [-0.05, 0) is 0 Å². The Bertz CT molecular complexity index is 281. The second kappa shape index (κ2) is 8.21. The van der Waals surface area contributed by atoms with Crippen LogP contribution in [0.5, 0.6) is 0 Å². The van der Waals surface area contributed by atoms with Crippen molar-refractivity contribution in [2.75, 3.05) is 20.3 Å². The lowest BCUT2D eigenvalue weighted by molar-refractivity contribution is -0.142. The number of carbonyl (C=O) groups is 2. The number of hydrogen-bond acceptors (Lipinski definition) is 5. The molecule has 7 heteroatoms. The van der Waals surface area contributed by atoms with E-state index in [-0.39, 0.29) is 13.0 Å². The zero-order valence-electron chi connectivity index (χ0n) is 9.47. The van der Waals surface area contributed by atoms with Crippen LogP contribution in [0.3, 0.4) is 0 Å². The SMILES string of the molecule is COC(=O)C(CN)N[P+](C)=CCCC(=O)O. The van der Waals surface area contributed by atoms with Crippen molar-refractivity contribution in [3.05, 3.63) is 0 Å². The summed E-state index contributed by atoms with van der Waals surface area (Å²) < 4.78 is 4.57. The number of hydrogen-bond donors (Lipinski definition) is 3. The van der Waals surface area contributed by atoms with Gasteiger partial charge in [0.15, 0.2) is 13.7 Å². The summed E-state index contributed by atoms with van der Waals surface area (Å²) in [5, 5.41) is 11.5. The summed E-state index contributed by atoms with van der Waals surface area (Å²) >= 11 is 0. The van der Waals surface area contributed by atoms with Crippen molar-refractivity contribution in [3.63, 3.8) is 0 Å². The molecule has 92 valence electrons. The minimum Gasteiger partial charge on any atom is -0.481 e. The molecule has 0 aliphatic heterocycles. The van der Waals surface area contributed by atoms with Crippen molar-refractivity contribution in [1.29, 1.82) is 0 Å². The van der Waals surface area contributed by atoms with Crippen molar-refractivity contribution >= 4 is 25.4 Å². The maximum Gasteiger partial charge on any atom is 0.328 e. The van der Waals surface area contributed by atoms with Crippen LogP contribution in [0.15, 0.2) is 0 Å². The third kappa shape index (κ3) is 6.50. The Hall–Kier alpha value is -0.970. The highest BCUT2D eigenvalue weighted by Crippen LogP contribution is 2.12. The van der Waals surface area contributed by atoms with E-state index in [1.165, 1.54) is 7.11 Å². The average molecular weight is 249 g/mol. The lowest BCUT2D eigenvalue weighted by Gasteiger charge is -2.08. The van der Waals surface area contributed by atoms with Gasteiger partial charge >= 0.3 is 11.9 Å². The monoisotopic (exact) mass is 249 g/mol. The van der Waals surface area contributed by atoms with Gasteiger partial charge in [0, 0.05) is 13.0 Å². The predicted molar refractivity (Wildman–Crippen MR) is 63.8 cm³/mol. The number of ether oxygens (including phenoxy) is 1. The molecule has 6 nitrogen and oxygen atoms in total. The minimum atomic E-state index is -0.831. The van der Waals surface area contributed by atoms with Crippen LogP contribution in [0.4, 0.5) is 0 Å². The molecular weight excluding hydrogens is 231 g/mol. The fraction of sp³-hybridized carbons (Fsp3) is 0.667. The zero-order valence-corrected chi connectivity index (χ0v) is 10.4. The summed E-state index contributed by atoms with van der Waals surface area (Å²) in [6.45, 7) is 2.05. The van der Waals surface area contributed by atoms with Crippen LogP contribution in [0.2, 0.25) is 0 Å². The Labute approximate surface area is 95.6 Å². The quantitative estimate of drug-likeness (QED) is 0.425. The number of nitrogens with one attached hydrogen (secondary N) is 1. The zero-order chi connectivity index (χ0) is 12.6. The van der Waals surface area contributed by atoms with Gasteiger partial charge < -0.3 is 15.6 Å². The predicted octanol–water partition coefficient (Wildman–Crippen LogP) is -0.230. The van der Waals surface area contributed by atoms with E-state index in [1.807, 2.05) is 12.5 Å². The van der Waals surface area contributed by atoms with E-state index < -0.39 is 25.7 Å². The Balaban J connectivity index is 4.13. The Morgan fingerprint density at radius 2 is 2.25 bits per heavy atom. The summed E-state index contributed by atoms with van der Waals surface area (Å²) in [6, 6.07) is -0.526. The van der Waals surface area contributed by atoms with Crippen molar-refractivity contribution in [1.82, 2.24) is 5.09 Å². The molecule has 0 aliphatic carbocycles. The molecule has 2 unspecified atom stereocenters. The molecule has 0 bridgehead atoms. The molecule has 0 fully saturated rings. The lowest BCUT2D eigenvalue weighted by Crippen LogP contribution is -2.40. The van der Waals surface area contributed by atoms with Gasteiger partial charge in [0.25, 0.3) is 0 Å². The van der Waals surface area contributed by atoms with E-state index in [4.69, 9.17) is 10.8 Å². The molecule has 4 N–H and O–H groups in total. The summed E-state index contributed by atoms with van der Waals surface area (Å²) in [5.74, 6) is 0.626. The number of nitrogens with two attached hydrogens (primary N) is 1. The van der Waals surface area contributed by atoms with Crippen LogP contribution in [-0.4, -0.2) is 49.2 Å². The third-order valence-electron chi connectivity index (χ3n) is 1.84. The number of methoxy groups -OCH3 is 1. The number of esters is 1. The first kappa shape index (κ1) is 15.0. The molecule has 16 heavy (non-hydrogen) atoms. The van der Waals surface area contributed by atoms with Crippen LogP contribution in [0.25, 0.3) is 0 Å². The van der Waals surface area contributed by atoms with E-state index in [9.17, 15) is 9.59 Å². The Morgan fingerprint density at radius 3 is 2.69 bits per heavy atom. The molecule has 0 aromatic carbocycles. The van der Waals surface area contributed by atoms with Crippen LogP contribution in [0, 0.1) is 0 Å². The fourth-order valence-corrected chi connectivity index (χ4v) is 2.35. The van der Waals surface area contributed by atoms with Gasteiger partial charge in [0.05, 0.1) is 13.5 Å². The Morgan fingerprint density at radius 1 is 1.62 bits per heavy atom. The number of rotatable bonds is 7.